The summed E-state index contributed by atoms with van der Waals surface area (Å²) in [6.45, 7) is 7.90. The molecule has 0 bridgehead atoms. The Labute approximate surface area is 152 Å². The third-order valence-corrected chi connectivity index (χ3v) is 6.35. The Kier molecular flexibility index (Phi) is 4.31. The van der Waals surface area contributed by atoms with Crippen molar-refractivity contribution < 1.29 is 9.53 Å². The van der Waals surface area contributed by atoms with Gasteiger partial charge >= 0.3 is 0 Å². The minimum atomic E-state index is 0.124. The molecule has 0 N–H and O–H groups in total. The molecule has 2 saturated heterocycles. The lowest BCUT2D eigenvalue weighted by atomic mass is 9.90. The summed E-state index contributed by atoms with van der Waals surface area (Å²) in [7, 11) is 1.68. The van der Waals surface area contributed by atoms with Crippen molar-refractivity contribution in [1.29, 1.82) is 0 Å². The number of anilines is 1. The largest absolute Gasteiger partial charge is 0.497 e. The van der Waals surface area contributed by atoms with Crippen LogP contribution in [0.25, 0.3) is 10.2 Å². The molecule has 2 aliphatic heterocycles. The normalized spacial score (nSPS) is 24.4. The van der Waals surface area contributed by atoms with Crippen molar-refractivity contribution in [3.63, 3.8) is 0 Å². The van der Waals surface area contributed by atoms with Gasteiger partial charge in [0.15, 0.2) is 5.13 Å². The summed E-state index contributed by atoms with van der Waals surface area (Å²) in [5.41, 5.74) is 0.995. The molecule has 3 heterocycles. The standard InChI is InChI=1S/C19H25N3O2S/c1-12-6-13(2)9-21(8-12)18(23)14-10-22(11-14)19-20-16-5-4-15(24-3)7-17(16)25-19/h4-5,7,12-14H,6,8-11H2,1-3H3. The zero-order valence-electron chi connectivity index (χ0n) is 15.1. The minimum Gasteiger partial charge on any atom is -0.497 e. The monoisotopic (exact) mass is 359 g/mol. The number of piperidine rings is 1. The molecule has 0 spiro atoms. The average Bonchev–Trinajstić information content (AvgIpc) is 2.94. The number of aromatic nitrogens is 1. The minimum absolute atomic E-state index is 0.124. The molecule has 2 atom stereocenters. The van der Waals surface area contributed by atoms with Crippen LogP contribution in [-0.4, -0.2) is 49.1 Å². The number of hydrogen-bond acceptors (Lipinski definition) is 5. The Morgan fingerprint density at radius 2 is 1.92 bits per heavy atom. The summed E-state index contributed by atoms with van der Waals surface area (Å²) in [6.07, 6.45) is 1.23. The van der Waals surface area contributed by atoms with Crippen LogP contribution < -0.4 is 9.64 Å². The van der Waals surface area contributed by atoms with Crippen molar-refractivity contribution in [3.8, 4) is 5.75 Å². The highest BCUT2D eigenvalue weighted by Gasteiger charge is 2.38. The third kappa shape index (κ3) is 3.19. The van der Waals surface area contributed by atoms with Gasteiger partial charge in [0.05, 0.1) is 23.2 Å². The highest BCUT2D eigenvalue weighted by molar-refractivity contribution is 7.22. The molecule has 1 amide bonds. The van der Waals surface area contributed by atoms with E-state index in [1.807, 2.05) is 18.2 Å². The van der Waals surface area contributed by atoms with Gasteiger partial charge in [0.25, 0.3) is 0 Å². The summed E-state index contributed by atoms with van der Waals surface area (Å²) in [5.74, 6) is 2.54. The molecule has 4 rings (SSSR count). The second-order valence-corrected chi connectivity index (χ2v) is 8.63. The number of likely N-dealkylation sites (tertiary alicyclic amines) is 1. The van der Waals surface area contributed by atoms with E-state index in [1.165, 1.54) is 6.42 Å². The summed E-state index contributed by atoms with van der Waals surface area (Å²) >= 11 is 1.67. The van der Waals surface area contributed by atoms with Crippen LogP contribution in [-0.2, 0) is 4.79 Å². The zero-order chi connectivity index (χ0) is 17.6. The molecule has 0 radical (unpaired) electrons. The fourth-order valence-electron chi connectivity index (χ4n) is 4.05. The van der Waals surface area contributed by atoms with Gasteiger partial charge in [0.1, 0.15) is 5.75 Å². The third-order valence-electron chi connectivity index (χ3n) is 5.27. The maximum atomic E-state index is 12.8. The molecule has 2 unspecified atom stereocenters. The van der Waals surface area contributed by atoms with Crippen molar-refractivity contribution >= 4 is 32.6 Å². The first-order valence-corrected chi connectivity index (χ1v) is 9.83. The van der Waals surface area contributed by atoms with E-state index in [2.05, 4.69) is 23.6 Å². The first-order chi connectivity index (χ1) is 12.0. The van der Waals surface area contributed by atoms with Crippen molar-refractivity contribution in [3.05, 3.63) is 18.2 Å². The van der Waals surface area contributed by atoms with Crippen LogP contribution in [0.1, 0.15) is 20.3 Å². The maximum Gasteiger partial charge on any atom is 0.229 e. The van der Waals surface area contributed by atoms with Gasteiger partial charge in [-0.25, -0.2) is 4.98 Å². The van der Waals surface area contributed by atoms with E-state index < -0.39 is 0 Å². The molecule has 2 aliphatic rings. The van der Waals surface area contributed by atoms with Crippen LogP contribution in [0.4, 0.5) is 5.13 Å². The molecule has 6 heteroatoms. The fraction of sp³-hybridized carbons (Fsp3) is 0.579. The molecule has 5 nitrogen and oxygen atoms in total. The number of hydrogen-bond donors (Lipinski definition) is 0. The Balaban J connectivity index is 1.40. The molecule has 25 heavy (non-hydrogen) atoms. The smallest absolute Gasteiger partial charge is 0.229 e. The number of benzene rings is 1. The van der Waals surface area contributed by atoms with Crippen LogP contribution >= 0.6 is 11.3 Å². The number of thiazole rings is 1. The molecule has 2 aromatic rings. The highest BCUT2D eigenvalue weighted by atomic mass is 32.1. The second kappa shape index (κ2) is 6.48. The lowest BCUT2D eigenvalue weighted by Gasteiger charge is -2.43. The zero-order valence-corrected chi connectivity index (χ0v) is 15.9. The summed E-state index contributed by atoms with van der Waals surface area (Å²) < 4.78 is 6.41. The fourth-order valence-corrected chi connectivity index (χ4v) is 5.06. The van der Waals surface area contributed by atoms with Crippen molar-refractivity contribution in [2.45, 2.75) is 20.3 Å². The molecule has 0 saturated carbocycles. The lowest BCUT2D eigenvalue weighted by molar-refractivity contribution is -0.139. The van der Waals surface area contributed by atoms with Gasteiger partial charge in [-0.05, 0) is 36.5 Å². The van der Waals surface area contributed by atoms with Crippen molar-refractivity contribution in [2.24, 2.45) is 17.8 Å². The molecule has 1 aromatic heterocycles. The van der Waals surface area contributed by atoms with E-state index in [0.717, 1.165) is 47.3 Å². The van der Waals surface area contributed by atoms with Crippen LogP contribution in [0, 0.1) is 17.8 Å². The number of carbonyl (C=O) groups is 1. The van der Waals surface area contributed by atoms with Gasteiger partial charge in [-0.3, -0.25) is 4.79 Å². The molecule has 1 aromatic carbocycles. The highest BCUT2D eigenvalue weighted by Crippen LogP contribution is 2.35. The Bertz CT molecular complexity index is 774. The predicted molar refractivity (Wildman–Crippen MR) is 101 cm³/mol. The number of methoxy groups -OCH3 is 1. The molecule has 0 aliphatic carbocycles. The molecular weight excluding hydrogens is 334 g/mol. The van der Waals surface area contributed by atoms with E-state index in [0.29, 0.717) is 17.7 Å². The first kappa shape index (κ1) is 16.6. The SMILES string of the molecule is COc1ccc2nc(N3CC(C(=O)N4CC(C)CC(C)C4)C3)sc2c1. The predicted octanol–water partition coefficient (Wildman–Crippen LogP) is 3.25. The number of nitrogens with zero attached hydrogens (tertiary/aromatic N) is 3. The Morgan fingerprint density at radius 1 is 1.20 bits per heavy atom. The van der Waals surface area contributed by atoms with E-state index in [-0.39, 0.29) is 5.92 Å². The van der Waals surface area contributed by atoms with Crippen LogP contribution in [0.3, 0.4) is 0 Å². The van der Waals surface area contributed by atoms with Gasteiger partial charge in [0.2, 0.25) is 5.91 Å². The van der Waals surface area contributed by atoms with E-state index >= 15 is 0 Å². The molecular formula is C19H25N3O2S. The van der Waals surface area contributed by atoms with Gasteiger partial charge in [0, 0.05) is 26.2 Å². The van der Waals surface area contributed by atoms with Gasteiger partial charge in [-0.15, -0.1) is 0 Å². The van der Waals surface area contributed by atoms with Crippen LogP contribution in [0.15, 0.2) is 18.2 Å². The average molecular weight is 359 g/mol. The van der Waals surface area contributed by atoms with Crippen LogP contribution in [0.2, 0.25) is 0 Å². The van der Waals surface area contributed by atoms with Crippen LogP contribution in [0.5, 0.6) is 5.75 Å². The van der Waals surface area contributed by atoms with E-state index in [4.69, 9.17) is 9.72 Å². The summed E-state index contributed by atoms with van der Waals surface area (Å²) in [4.78, 5) is 21.8. The lowest BCUT2D eigenvalue weighted by Crippen LogP contribution is -2.56. The van der Waals surface area contributed by atoms with E-state index in [9.17, 15) is 4.79 Å². The van der Waals surface area contributed by atoms with E-state index in [1.54, 1.807) is 18.4 Å². The first-order valence-electron chi connectivity index (χ1n) is 9.01. The summed E-state index contributed by atoms with van der Waals surface area (Å²) in [5, 5.41) is 1.01. The second-order valence-electron chi connectivity index (χ2n) is 7.62. The molecule has 2 fully saturated rings. The number of carbonyl (C=O) groups excluding carboxylic acids is 1. The molecule has 134 valence electrons. The van der Waals surface area contributed by atoms with Gasteiger partial charge < -0.3 is 14.5 Å². The number of ether oxygens (including phenoxy) is 1. The number of rotatable bonds is 3. The van der Waals surface area contributed by atoms with Gasteiger partial charge in [-0.1, -0.05) is 25.2 Å². The Morgan fingerprint density at radius 3 is 2.60 bits per heavy atom. The van der Waals surface area contributed by atoms with Crippen molar-refractivity contribution in [2.75, 3.05) is 38.2 Å². The topological polar surface area (TPSA) is 45.7 Å². The quantitative estimate of drug-likeness (QED) is 0.844. The number of fused-ring (bicyclic) bond motifs is 1. The van der Waals surface area contributed by atoms with Gasteiger partial charge in [-0.2, -0.15) is 0 Å². The Hall–Kier alpha value is -1.82. The summed E-state index contributed by atoms with van der Waals surface area (Å²) in [6, 6.07) is 5.95. The number of amides is 1. The van der Waals surface area contributed by atoms with Crippen molar-refractivity contribution in [1.82, 2.24) is 9.88 Å². The maximum absolute atomic E-state index is 12.8.